The van der Waals surface area contributed by atoms with Gasteiger partial charge in [-0.05, 0) is 48.3 Å². The van der Waals surface area contributed by atoms with Gasteiger partial charge in [-0.15, -0.1) is 0 Å². The molecule has 3 rings (SSSR count). The lowest BCUT2D eigenvalue weighted by Crippen LogP contribution is -2.44. The third-order valence-electron chi connectivity index (χ3n) is 6.46. The average Bonchev–Trinajstić information content (AvgIpc) is 2.71. The molecule has 0 aliphatic heterocycles. The zero-order chi connectivity index (χ0) is 13.9. The van der Waals surface area contributed by atoms with Gasteiger partial charge in [0.25, 0.3) is 0 Å². The smallest absolute Gasteiger partial charge is 0.118 e. The van der Waals surface area contributed by atoms with E-state index in [1.165, 1.54) is 6.42 Å². The van der Waals surface area contributed by atoms with Gasteiger partial charge in [-0.2, -0.15) is 0 Å². The molecule has 104 valence electrons. The van der Waals surface area contributed by atoms with Crippen molar-refractivity contribution in [1.82, 2.24) is 0 Å². The molecule has 0 radical (unpaired) electrons. The van der Waals surface area contributed by atoms with Crippen molar-refractivity contribution in [3.05, 3.63) is 29.8 Å². The Morgan fingerprint density at radius 2 is 1.79 bits per heavy atom. The first-order chi connectivity index (χ1) is 8.85. The van der Waals surface area contributed by atoms with Gasteiger partial charge >= 0.3 is 0 Å². The van der Waals surface area contributed by atoms with Crippen LogP contribution in [0.2, 0.25) is 0 Å². The number of rotatable bonds is 2. The molecule has 1 N–H and O–H groups in total. The molecule has 1 aromatic carbocycles. The molecular weight excluding hydrogens is 236 g/mol. The number of ether oxygens (including phenoxy) is 1. The molecule has 0 aromatic heterocycles. The molecule has 3 atom stereocenters. The van der Waals surface area contributed by atoms with Crippen LogP contribution in [0.1, 0.15) is 45.6 Å². The predicted octanol–water partition coefficient (Wildman–Crippen LogP) is 3.73. The fourth-order valence-electron chi connectivity index (χ4n) is 4.58. The second-order valence-corrected chi connectivity index (χ2v) is 7.08. The fourth-order valence-corrected chi connectivity index (χ4v) is 4.58. The second-order valence-electron chi connectivity index (χ2n) is 7.08. The van der Waals surface area contributed by atoms with Crippen molar-refractivity contribution in [2.45, 2.75) is 45.6 Å². The van der Waals surface area contributed by atoms with Crippen molar-refractivity contribution >= 4 is 0 Å². The van der Waals surface area contributed by atoms with E-state index in [-0.39, 0.29) is 10.8 Å². The molecular formula is C17H24O2. The van der Waals surface area contributed by atoms with E-state index in [0.29, 0.717) is 5.92 Å². The van der Waals surface area contributed by atoms with Crippen LogP contribution in [0.4, 0.5) is 0 Å². The van der Waals surface area contributed by atoms with Gasteiger partial charge in [0.15, 0.2) is 0 Å². The minimum Gasteiger partial charge on any atom is -0.497 e. The van der Waals surface area contributed by atoms with Gasteiger partial charge in [-0.3, -0.25) is 0 Å². The molecule has 2 heteroatoms. The number of hydrogen-bond donors (Lipinski definition) is 1. The van der Waals surface area contributed by atoms with E-state index in [2.05, 4.69) is 20.8 Å². The molecule has 2 fully saturated rings. The van der Waals surface area contributed by atoms with Crippen molar-refractivity contribution in [3.63, 3.8) is 0 Å². The standard InChI is InChI=1S/C17H24O2/c1-15(2)13-9-10-16(15,3)17(18,11-13)12-5-7-14(19-4)8-6-12/h5-8,13,18H,9-11H2,1-4H3. The highest BCUT2D eigenvalue weighted by atomic mass is 16.5. The highest BCUT2D eigenvalue weighted by molar-refractivity contribution is 5.36. The van der Waals surface area contributed by atoms with Crippen LogP contribution in [0.5, 0.6) is 5.75 Å². The van der Waals surface area contributed by atoms with Crippen molar-refractivity contribution in [1.29, 1.82) is 0 Å². The molecule has 2 aliphatic rings. The van der Waals surface area contributed by atoms with E-state index in [9.17, 15) is 5.11 Å². The van der Waals surface area contributed by atoms with Crippen LogP contribution in [-0.4, -0.2) is 12.2 Å². The Labute approximate surface area is 115 Å². The molecule has 0 amide bonds. The summed E-state index contributed by atoms with van der Waals surface area (Å²) in [5.74, 6) is 1.48. The Morgan fingerprint density at radius 3 is 2.21 bits per heavy atom. The summed E-state index contributed by atoms with van der Waals surface area (Å²) in [5, 5.41) is 11.4. The maximum Gasteiger partial charge on any atom is 0.118 e. The van der Waals surface area contributed by atoms with Crippen LogP contribution in [-0.2, 0) is 5.60 Å². The van der Waals surface area contributed by atoms with E-state index >= 15 is 0 Å². The summed E-state index contributed by atoms with van der Waals surface area (Å²) in [7, 11) is 1.67. The van der Waals surface area contributed by atoms with Crippen LogP contribution < -0.4 is 4.74 Å². The van der Waals surface area contributed by atoms with Crippen LogP contribution in [0.25, 0.3) is 0 Å². The van der Waals surface area contributed by atoms with Crippen molar-refractivity contribution < 1.29 is 9.84 Å². The number of aliphatic hydroxyl groups is 1. The Hall–Kier alpha value is -1.02. The van der Waals surface area contributed by atoms with Gasteiger partial charge in [0.2, 0.25) is 0 Å². The maximum atomic E-state index is 11.4. The van der Waals surface area contributed by atoms with Gasteiger partial charge in [0.05, 0.1) is 12.7 Å². The Morgan fingerprint density at radius 1 is 1.16 bits per heavy atom. The van der Waals surface area contributed by atoms with Gasteiger partial charge in [-0.1, -0.05) is 32.9 Å². The third kappa shape index (κ3) is 1.41. The monoisotopic (exact) mass is 260 g/mol. The van der Waals surface area contributed by atoms with Gasteiger partial charge < -0.3 is 9.84 Å². The molecule has 0 spiro atoms. The molecule has 2 aliphatic carbocycles. The zero-order valence-corrected chi connectivity index (χ0v) is 12.4. The van der Waals surface area contributed by atoms with E-state index in [1.807, 2.05) is 24.3 Å². The van der Waals surface area contributed by atoms with E-state index < -0.39 is 5.60 Å². The number of benzene rings is 1. The zero-order valence-electron chi connectivity index (χ0n) is 12.4. The van der Waals surface area contributed by atoms with Crippen molar-refractivity contribution in [3.8, 4) is 5.75 Å². The summed E-state index contributed by atoms with van der Waals surface area (Å²) in [6, 6.07) is 7.97. The second kappa shape index (κ2) is 3.76. The predicted molar refractivity (Wildman–Crippen MR) is 76.1 cm³/mol. The summed E-state index contributed by atoms with van der Waals surface area (Å²) in [6.45, 7) is 6.92. The molecule has 19 heavy (non-hydrogen) atoms. The third-order valence-corrected chi connectivity index (χ3v) is 6.46. The lowest BCUT2D eigenvalue weighted by Gasteiger charge is -2.45. The first-order valence-electron chi connectivity index (χ1n) is 7.22. The van der Waals surface area contributed by atoms with Crippen LogP contribution in [0.3, 0.4) is 0 Å². The number of fused-ring (bicyclic) bond motifs is 2. The summed E-state index contributed by atoms with van der Waals surface area (Å²) in [4.78, 5) is 0. The van der Waals surface area contributed by atoms with E-state index in [1.54, 1.807) is 7.11 Å². The van der Waals surface area contributed by atoms with Gasteiger partial charge in [0, 0.05) is 5.41 Å². The minimum atomic E-state index is -0.689. The van der Waals surface area contributed by atoms with Gasteiger partial charge in [-0.25, -0.2) is 0 Å². The quantitative estimate of drug-likeness (QED) is 0.878. The first-order valence-corrected chi connectivity index (χ1v) is 7.22. The molecule has 3 unspecified atom stereocenters. The van der Waals surface area contributed by atoms with Crippen LogP contribution in [0, 0.1) is 16.7 Å². The minimum absolute atomic E-state index is 0.0285. The largest absolute Gasteiger partial charge is 0.497 e. The number of methoxy groups -OCH3 is 1. The Kier molecular flexibility index (Phi) is 2.57. The van der Waals surface area contributed by atoms with Crippen molar-refractivity contribution in [2.24, 2.45) is 16.7 Å². The molecule has 0 saturated heterocycles. The highest BCUT2D eigenvalue weighted by Gasteiger charge is 2.68. The number of hydrogen-bond acceptors (Lipinski definition) is 2. The SMILES string of the molecule is COc1ccc(C2(O)CC3CCC2(C)C3(C)C)cc1. The molecule has 0 heterocycles. The summed E-state index contributed by atoms with van der Waals surface area (Å²) >= 11 is 0. The highest BCUT2D eigenvalue weighted by Crippen LogP contribution is 2.72. The summed E-state index contributed by atoms with van der Waals surface area (Å²) in [5.41, 5.74) is 0.540. The molecule has 2 nitrogen and oxygen atoms in total. The van der Waals surface area contributed by atoms with E-state index in [0.717, 1.165) is 24.2 Å². The van der Waals surface area contributed by atoms with E-state index in [4.69, 9.17) is 4.74 Å². The Balaban J connectivity index is 2.04. The summed E-state index contributed by atoms with van der Waals surface area (Å²) < 4.78 is 5.21. The normalized spacial score (nSPS) is 39.5. The molecule has 2 bridgehead atoms. The first kappa shape index (κ1) is 13.0. The van der Waals surface area contributed by atoms with Crippen LogP contribution in [0.15, 0.2) is 24.3 Å². The maximum absolute atomic E-state index is 11.4. The lowest BCUT2D eigenvalue weighted by atomic mass is 9.62. The molecule has 2 saturated carbocycles. The van der Waals surface area contributed by atoms with Gasteiger partial charge in [0.1, 0.15) is 5.75 Å². The average molecular weight is 260 g/mol. The van der Waals surface area contributed by atoms with Crippen molar-refractivity contribution in [2.75, 3.05) is 7.11 Å². The lowest BCUT2D eigenvalue weighted by molar-refractivity contribution is -0.0957. The van der Waals surface area contributed by atoms with Crippen LogP contribution >= 0.6 is 0 Å². The fraction of sp³-hybridized carbons (Fsp3) is 0.647. The molecule has 1 aromatic rings. The topological polar surface area (TPSA) is 29.5 Å². The summed E-state index contributed by atoms with van der Waals surface area (Å²) in [6.07, 6.45) is 3.26. The Bertz CT molecular complexity index is 490.